The Morgan fingerprint density at radius 2 is 2.30 bits per heavy atom. The molecule has 0 saturated heterocycles. The number of anilines is 1. The van der Waals surface area contributed by atoms with Gasteiger partial charge < -0.3 is 20.6 Å². The number of rotatable bonds is 7. The van der Waals surface area contributed by atoms with Gasteiger partial charge in [-0.05, 0) is 12.0 Å². The molecule has 3 rings (SSSR count). The van der Waals surface area contributed by atoms with Gasteiger partial charge >= 0.3 is 5.97 Å². The number of carboxylic acids is 1. The summed E-state index contributed by atoms with van der Waals surface area (Å²) in [5.74, 6) is -0.749. The van der Waals surface area contributed by atoms with Gasteiger partial charge in [0.2, 0.25) is 5.88 Å². The molecule has 0 amide bonds. The molecule has 0 aliphatic heterocycles. The Morgan fingerprint density at radius 3 is 3.00 bits per heavy atom. The first-order valence-electron chi connectivity index (χ1n) is 8.13. The number of hydrogen-bond donors (Lipinski definition) is 3. The first-order chi connectivity index (χ1) is 13.1. The lowest BCUT2D eigenvalue weighted by molar-refractivity contribution is 0.0697. The Labute approximate surface area is 155 Å². The minimum Gasteiger partial charge on any atom is -0.479 e. The van der Waals surface area contributed by atoms with Gasteiger partial charge in [-0.1, -0.05) is 30.4 Å². The quantitative estimate of drug-likeness (QED) is 0.641. The SMILES string of the molecule is COc1nc(-n2cc(C(=O)O)cn2)nc(C=N)c1NCC1=CCC=CC=C1. The second-order valence-electron chi connectivity index (χ2n) is 5.57. The second-order valence-corrected chi connectivity index (χ2v) is 5.57. The number of nitrogens with zero attached hydrogens (tertiary/aromatic N) is 4. The number of aromatic nitrogens is 4. The van der Waals surface area contributed by atoms with E-state index in [1.807, 2.05) is 18.2 Å². The number of carboxylic acid groups (broad SMARTS) is 1. The van der Waals surface area contributed by atoms with E-state index in [2.05, 4.69) is 32.5 Å². The van der Waals surface area contributed by atoms with Crippen LogP contribution in [0.4, 0.5) is 5.69 Å². The number of carbonyl (C=O) groups is 1. The number of allylic oxidation sites excluding steroid dienone is 4. The highest BCUT2D eigenvalue weighted by atomic mass is 16.5. The van der Waals surface area contributed by atoms with Gasteiger partial charge in [-0.15, -0.1) is 0 Å². The Kier molecular flexibility index (Phi) is 5.41. The fraction of sp³-hybridized carbons (Fsp3) is 0.167. The van der Waals surface area contributed by atoms with Crippen molar-refractivity contribution >= 4 is 17.9 Å². The number of nitrogens with one attached hydrogen (secondary N) is 2. The third-order valence-electron chi connectivity index (χ3n) is 3.80. The standard InChI is InChI=1S/C18H18N6O3/c1-27-16-15(20-9-12-6-4-2-3-5-7-12)14(8-19)22-18(23-16)24-11-13(10-21-24)17(25)26/h2-4,6-8,10-11,19-20H,5,9H2,1H3,(H,25,26). The summed E-state index contributed by atoms with van der Waals surface area (Å²) in [6.07, 6.45) is 14.5. The van der Waals surface area contributed by atoms with E-state index in [9.17, 15) is 4.79 Å². The molecule has 0 bridgehead atoms. The molecule has 0 fully saturated rings. The van der Waals surface area contributed by atoms with Gasteiger partial charge in [-0.25, -0.2) is 14.5 Å². The highest BCUT2D eigenvalue weighted by Gasteiger charge is 2.17. The van der Waals surface area contributed by atoms with Gasteiger partial charge in [-0.3, -0.25) is 0 Å². The van der Waals surface area contributed by atoms with Crippen molar-refractivity contribution in [2.45, 2.75) is 6.42 Å². The van der Waals surface area contributed by atoms with Crippen molar-refractivity contribution in [2.24, 2.45) is 0 Å². The molecule has 27 heavy (non-hydrogen) atoms. The largest absolute Gasteiger partial charge is 0.479 e. The van der Waals surface area contributed by atoms with E-state index < -0.39 is 5.97 Å². The van der Waals surface area contributed by atoms with Gasteiger partial charge in [0.05, 0.1) is 18.9 Å². The van der Waals surface area contributed by atoms with Crippen molar-refractivity contribution in [2.75, 3.05) is 19.0 Å². The van der Waals surface area contributed by atoms with Crippen LogP contribution < -0.4 is 10.1 Å². The summed E-state index contributed by atoms with van der Waals surface area (Å²) in [4.78, 5) is 19.6. The number of aromatic carboxylic acids is 1. The molecule has 2 heterocycles. The van der Waals surface area contributed by atoms with Crippen LogP contribution in [0.5, 0.6) is 5.88 Å². The molecular formula is C18H18N6O3. The zero-order valence-corrected chi connectivity index (χ0v) is 14.6. The normalized spacial score (nSPS) is 13.0. The predicted molar refractivity (Wildman–Crippen MR) is 100 cm³/mol. The molecule has 138 valence electrons. The smallest absolute Gasteiger partial charge is 0.338 e. The van der Waals surface area contributed by atoms with Crippen molar-refractivity contribution in [3.8, 4) is 11.8 Å². The van der Waals surface area contributed by atoms with Crippen molar-refractivity contribution in [3.63, 3.8) is 0 Å². The van der Waals surface area contributed by atoms with Crippen molar-refractivity contribution < 1.29 is 14.6 Å². The topological polar surface area (TPSA) is 126 Å². The van der Waals surface area contributed by atoms with E-state index in [0.29, 0.717) is 17.9 Å². The molecule has 0 aromatic carbocycles. The molecule has 0 saturated carbocycles. The predicted octanol–water partition coefficient (Wildman–Crippen LogP) is 2.22. The summed E-state index contributed by atoms with van der Waals surface area (Å²) in [5, 5.41) is 23.9. The maximum Gasteiger partial charge on any atom is 0.338 e. The fourth-order valence-electron chi connectivity index (χ4n) is 2.45. The maximum absolute atomic E-state index is 11.0. The first kappa shape index (κ1) is 18.1. The molecule has 9 heteroatoms. The lowest BCUT2D eigenvalue weighted by Crippen LogP contribution is -2.13. The van der Waals surface area contributed by atoms with Gasteiger partial charge in [0.1, 0.15) is 11.4 Å². The van der Waals surface area contributed by atoms with Gasteiger partial charge in [0.15, 0.2) is 0 Å². The summed E-state index contributed by atoms with van der Waals surface area (Å²) >= 11 is 0. The van der Waals surface area contributed by atoms with E-state index in [4.69, 9.17) is 15.3 Å². The minimum absolute atomic E-state index is 0.0110. The highest BCUT2D eigenvalue weighted by Crippen LogP contribution is 2.26. The lowest BCUT2D eigenvalue weighted by Gasteiger charge is -2.14. The molecule has 9 nitrogen and oxygen atoms in total. The molecular weight excluding hydrogens is 348 g/mol. The molecule has 2 aromatic rings. The van der Waals surface area contributed by atoms with E-state index in [0.717, 1.165) is 18.2 Å². The fourth-order valence-corrected chi connectivity index (χ4v) is 2.45. The maximum atomic E-state index is 11.0. The minimum atomic E-state index is -1.10. The van der Waals surface area contributed by atoms with Crippen molar-refractivity contribution in [1.29, 1.82) is 5.41 Å². The summed E-state index contributed by atoms with van der Waals surface area (Å²) in [7, 11) is 1.46. The van der Waals surface area contributed by atoms with E-state index in [1.165, 1.54) is 24.2 Å². The van der Waals surface area contributed by atoms with Crippen LogP contribution in [0.15, 0.2) is 48.3 Å². The molecule has 0 spiro atoms. The van der Waals surface area contributed by atoms with Crippen LogP contribution in [0.2, 0.25) is 0 Å². The Hall–Kier alpha value is -3.75. The number of methoxy groups -OCH3 is 1. The summed E-state index contributed by atoms with van der Waals surface area (Å²) in [6.45, 7) is 0.517. The molecule has 1 aliphatic carbocycles. The van der Waals surface area contributed by atoms with Gasteiger partial charge in [0.25, 0.3) is 5.95 Å². The van der Waals surface area contributed by atoms with Gasteiger partial charge in [-0.2, -0.15) is 10.1 Å². The average Bonchev–Trinajstić information content (AvgIpc) is 3.04. The summed E-state index contributed by atoms with van der Waals surface area (Å²) in [6, 6.07) is 0. The van der Waals surface area contributed by atoms with E-state index >= 15 is 0 Å². The molecule has 3 N–H and O–H groups in total. The molecule has 1 aliphatic rings. The van der Waals surface area contributed by atoms with Crippen LogP contribution in [0.1, 0.15) is 22.5 Å². The van der Waals surface area contributed by atoms with Crippen molar-refractivity contribution in [1.82, 2.24) is 19.7 Å². The first-order valence-corrected chi connectivity index (χ1v) is 8.13. The molecule has 0 atom stereocenters. The zero-order chi connectivity index (χ0) is 19.2. The molecule has 2 aromatic heterocycles. The Bertz CT molecular complexity index is 958. The van der Waals surface area contributed by atoms with Crippen LogP contribution >= 0.6 is 0 Å². The molecule has 0 unspecified atom stereocenters. The lowest BCUT2D eigenvalue weighted by atomic mass is 10.2. The average molecular weight is 366 g/mol. The van der Waals surface area contributed by atoms with Crippen LogP contribution in [0.3, 0.4) is 0 Å². The van der Waals surface area contributed by atoms with Crippen LogP contribution in [-0.2, 0) is 0 Å². The monoisotopic (exact) mass is 366 g/mol. The van der Waals surface area contributed by atoms with Crippen LogP contribution in [0.25, 0.3) is 5.95 Å². The highest BCUT2D eigenvalue weighted by molar-refractivity contribution is 5.87. The third kappa shape index (κ3) is 4.09. The second kappa shape index (κ2) is 8.09. The van der Waals surface area contributed by atoms with Crippen molar-refractivity contribution in [3.05, 3.63) is 59.6 Å². The van der Waals surface area contributed by atoms with Gasteiger partial charge in [0, 0.05) is 19.0 Å². The third-order valence-corrected chi connectivity index (χ3v) is 3.80. The zero-order valence-electron chi connectivity index (χ0n) is 14.6. The summed E-state index contributed by atoms with van der Waals surface area (Å²) in [5.41, 5.74) is 1.88. The number of ether oxygens (including phenoxy) is 1. The number of hydrogen-bond acceptors (Lipinski definition) is 7. The van der Waals surface area contributed by atoms with E-state index in [1.54, 1.807) is 0 Å². The Balaban J connectivity index is 1.91. The van der Waals surface area contributed by atoms with Crippen LogP contribution in [0, 0.1) is 5.41 Å². The van der Waals surface area contributed by atoms with Crippen LogP contribution in [-0.4, -0.2) is 50.7 Å². The van der Waals surface area contributed by atoms with E-state index in [-0.39, 0.29) is 17.4 Å². The summed E-state index contributed by atoms with van der Waals surface area (Å²) < 4.78 is 6.57. The Morgan fingerprint density at radius 1 is 1.44 bits per heavy atom. The molecule has 0 radical (unpaired) electrons.